The summed E-state index contributed by atoms with van der Waals surface area (Å²) in [6.07, 6.45) is 3.59. The van der Waals surface area contributed by atoms with Crippen molar-refractivity contribution in [1.82, 2.24) is 9.97 Å². The van der Waals surface area contributed by atoms with Gasteiger partial charge < -0.3 is 4.42 Å². The van der Waals surface area contributed by atoms with Gasteiger partial charge in [0.15, 0.2) is 0 Å². The van der Waals surface area contributed by atoms with Crippen LogP contribution in [0.25, 0.3) is 53.8 Å². The number of hydrogen-bond acceptors (Lipinski definition) is 4. The first-order chi connectivity index (χ1) is 15.5. The smallest absolute Gasteiger partial charge is 0.226 e. The van der Waals surface area contributed by atoms with E-state index in [1.165, 1.54) is 26.4 Å². The molecule has 0 amide bonds. The van der Waals surface area contributed by atoms with Gasteiger partial charge in [-0.25, -0.2) is 4.98 Å². The number of furan rings is 1. The predicted octanol–water partition coefficient (Wildman–Crippen LogP) is 8.22. The van der Waals surface area contributed by atoms with Crippen LogP contribution < -0.4 is 0 Å². The Hall–Kier alpha value is -3.50. The number of benzene rings is 2. The van der Waals surface area contributed by atoms with Crippen molar-refractivity contribution < 1.29 is 4.42 Å². The van der Waals surface area contributed by atoms with E-state index in [1.54, 1.807) is 17.6 Å². The first-order valence-corrected chi connectivity index (χ1v) is 11.6. The van der Waals surface area contributed by atoms with Gasteiger partial charge in [-0.15, -0.1) is 11.3 Å². The molecule has 6 rings (SSSR count). The number of thiophene rings is 1. The van der Waals surface area contributed by atoms with Crippen LogP contribution in [0.1, 0.15) is 26.3 Å². The van der Waals surface area contributed by atoms with Crippen LogP contribution in [0.4, 0.5) is 0 Å². The molecule has 0 aliphatic rings. The molecule has 4 heteroatoms. The van der Waals surface area contributed by atoms with E-state index in [0.29, 0.717) is 5.71 Å². The Morgan fingerprint density at radius 1 is 0.844 bits per heavy atom. The summed E-state index contributed by atoms with van der Waals surface area (Å²) in [6.45, 7) is 6.81. The van der Waals surface area contributed by atoms with E-state index in [4.69, 9.17) is 14.4 Å². The monoisotopic (exact) mass is 434 g/mol. The zero-order valence-electron chi connectivity index (χ0n) is 18.2. The highest BCUT2D eigenvalue weighted by Gasteiger charge is 2.20. The van der Waals surface area contributed by atoms with Gasteiger partial charge in [-0.05, 0) is 69.6 Å². The van der Waals surface area contributed by atoms with Crippen LogP contribution in [0, 0.1) is 0 Å². The Labute approximate surface area is 190 Å². The molecule has 0 spiro atoms. The van der Waals surface area contributed by atoms with Crippen LogP contribution in [-0.4, -0.2) is 9.97 Å². The summed E-state index contributed by atoms with van der Waals surface area (Å²) in [7, 11) is 0. The normalized spacial score (nSPS) is 12.2. The molecule has 0 unspecified atom stereocenters. The van der Waals surface area contributed by atoms with Crippen LogP contribution in [0.15, 0.2) is 83.6 Å². The molecule has 0 aliphatic carbocycles. The third kappa shape index (κ3) is 3.10. The lowest BCUT2D eigenvalue weighted by Crippen LogP contribution is -2.12. The highest BCUT2D eigenvalue weighted by atomic mass is 32.1. The number of aromatic nitrogens is 2. The number of nitrogens with zero attached hydrogens (tertiary/aromatic N) is 2. The summed E-state index contributed by atoms with van der Waals surface area (Å²) in [5.74, 6) is 0. The predicted molar refractivity (Wildman–Crippen MR) is 134 cm³/mol. The van der Waals surface area contributed by atoms with E-state index in [9.17, 15) is 0 Å². The summed E-state index contributed by atoms with van der Waals surface area (Å²) >= 11 is 1.74. The average molecular weight is 435 g/mol. The zero-order chi connectivity index (χ0) is 21.9. The van der Waals surface area contributed by atoms with Crippen molar-refractivity contribution in [3.05, 3.63) is 84.8 Å². The lowest BCUT2D eigenvalue weighted by atomic mass is 9.82. The van der Waals surface area contributed by atoms with Gasteiger partial charge in [0, 0.05) is 17.1 Å². The second-order valence-electron chi connectivity index (χ2n) is 9.19. The Kier molecular flexibility index (Phi) is 4.21. The van der Waals surface area contributed by atoms with E-state index in [-0.39, 0.29) is 5.41 Å². The fourth-order valence-electron chi connectivity index (χ4n) is 4.35. The van der Waals surface area contributed by atoms with Crippen molar-refractivity contribution in [2.75, 3.05) is 0 Å². The number of rotatable bonds is 2. The van der Waals surface area contributed by atoms with Gasteiger partial charge in [-0.1, -0.05) is 45.0 Å². The maximum atomic E-state index is 5.51. The molecule has 0 atom stereocenters. The van der Waals surface area contributed by atoms with E-state index < -0.39 is 0 Å². The molecule has 4 heterocycles. The summed E-state index contributed by atoms with van der Waals surface area (Å²) in [5, 5.41) is 4.75. The van der Waals surface area contributed by atoms with E-state index in [2.05, 4.69) is 81.4 Å². The molecule has 3 nitrogen and oxygen atoms in total. The molecule has 2 aromatic carbocycles. The molecule has 0 bridgehead atoms. The van der Waals surface area contributed by atoms with Crippen molar-refractivity contribution in [2.45, 2.75) is 26.2 Å². The minimum atomic E-state index is 0.0342. The molecule has 0 saturated heterocycles. The lowest BCUT2D eigenvalue weighted by Gasteiger charge is -2.22. The van der Waals surface area contributed by atoms with Gasteiger partial charge in [-0.3, -0.25) is 4.98 Å². The highest BCUT2D eigenvalue weighted by Crippen LogP contribution is 2.40. The molecule has 32 heavy (non-hydrogen) atoms. The number of fused-ring (bicyclic) bond motifs is 3. The molecule has 4 aromatic heterocycles. The molecular formula is C28H22N2OS. The molecular weight excluding hydrogens is 412 g/mol. The number of pyridine rings is 2. The van der Waals surface area contributed by atoms with Gasteiger partial charge >= 0.3 is 0 Å². The van der Waals surface area contributed by atoms with Crippen LogP contribution >= 0.6 is 11.3 Å². The Bertz CT molecular complexity index is 1620. The summed E-state index contributed by atoms with van der Waals surface area (Å²) in [6, 6.07) is 23.5. The maximum absolute atomic E-state index is 5.51. The van der Waals surface area contributed by atoms with E-state index in [0.717, 1.165) is 27.2 Å². The summed E-state index contributed by atoms with van der Waals surface area (Å²) in [4.78, 5) is 10.7. The second kappa shape index (κ2) is 7.01. The van der Waals surface area contributed by atoms with E-state index >= 15 is 0 Å². The van der Waals surface area contributed by atoms with Gasteiger partial charge in [-0.2, -0.15) is 0 Å². The molecule has 0 radical (unpaired) electrons. The Balaban J connectivity index is 1.56. The Morgan fingerprint density at radius 3 is 2.59 bits per heavy atom. The Morgan fingerprint density at radius 2 is 1.72 bits per heavy atom. The molecule has 0 N–H and O–H groups in total. The fourth-order valence-corrected chi connectivity index (χ4v) is 5.48. The molecule has 156 valence electrons. The van der Waals surface area contributed by atoms with Crippen molar-refractivity contribution in [3.8, 4) is 21.8 Å². The topological polar surface area (TPSA) is 38.9 Å². The number of hydrogen-bond donors (Lipinski definition) is 0. The van der Waals surface area contributed by atoms with Gasteiger partial charge in [0.25, 0.3) is 0 Å². The van der Waals surface area contributed by atoms with Crippen molar-refractivity contribution in [3.63, 3.8) is 0 Å². The van der Waals surface area contributed by atoms with Crippen molar-refractivity contribution in [2.24, 2.45) is 0 Å². The molecule has 0 fully saturated rings. The van der Waals surface area contributed by atoms with Crippen molar-refractivity contribution >= 4 is 43.3 Å². The largest absolute Gasteiger partial charge is 0.446 e. The van der Waals surface area contributed by atoms with Crippen LogP contribution in [0.5, 0.6) is 0 Å². The molecule has 0 aliphatic heterocycles. The quantitative estimate of drug-likeness (QED) is 0.275. The first kappa shape index (κ1) is 19.2. The fraction of sp³-hybridized carbons (Fsp3) is 0.143. The third-order valence-corrected chi connectivity index (χ3v) is 7.13. The van der Waals surface area contributed by atoms with Crippen LogP contribution in [0.2, 0.25) is 0 Å². The minimum absolute atomic E-state index is 0.0342. The van der Waals surface area contributed by atoms with Gasteiger partial charge in [0.2, 0.25) is 5.71 Å². The second-order valence-corrected chi connectivity index (χ2v) is 10.2. The average Bonchev–Trinajstić information content (AvgIpc) is 3.43. The van der Waals surface area contributed by atoms with Crippen LogP contribution in [0.3, 0.4) is 0 Å². The standard InChI is InChI=1S/C28H22N2OS/c1-28(2,3)22-15-20(14-18-6-4-5-7-21(18)22)25-26-19(10-12-29-25)16-24(32-26)23-9-8-17-11-13-31-27(17)30-23/h4-16H,1-3H3. The maximum Gasteiger partial charge on any atom is 0.226 e. The zero-order valence-corrected chi connectivity index (χ0v) is 19.0. The van der Waals surface area contributed by atoms with E-state index in [1.807, 2.05) is 12.3 Å². The van der Waals surface area contributed by atoms with Crippen LogP contribution in [-0.2, 0) is 5.41 Å². The highest BCUT2D eigenvalue weighted by molar-refractivity contribution is 7.22. The SMILES string of the molecule is CC(C)(C)c1cc(-c2nccc3cc(-c4ccc5ccoc5n4)sc23)cc2ccccc12. The van der Waals surface area contributed by atoms with Crippen molar-refractivity contribution in [1.29, 1.82) is 0 Å². The summed E-state index contributed by atoms with van der Waals surface area (Å²) < 4.78 is 6.69. The first-order valence-electron chi connectivity index (χ1n) is 10.7. The molecule has 6 aromatic rings. The minimum Gasteiger partial charge on any atom is -0.446 e. The lowest BCUT2D eigenvalue weighted by molar-refractivity contribution is 0.596. The van der Waals surface area contributed by atoms with Gasteiger partial charge in [0.1, 0.15) is 0 Å². The third-order valence-electron chi connectivity index (χ3n) is 5.95. The summed E-state index contributed by atoms with van der Waals surface area (Å²) in [5.41, 5.74) is 5.14. The molecule has 0 saturated carbocycles. The van der Waals surface area contributed by atoms with Gasteiger partial charge in [0.05, 0.1) is 27.2 Å².